The van der Waals surface area contributed by atoms with Gasteiger partial charge in [0, 0.05) is 18.8 Å². The Balaban J connectivity index is 0.00000182. The Kier molecular flexibility index (Phi) is 8.34. The van der Waals surface area contributed by atoms with E-state index in [-0.39, 0.29) is 48.2 Å². The van der Waals surface area contributed by atoms with E-state index in [1.54, 1.807) is 0 Å². The minimum Gasteiger partial charge on any atom is -0.350 e. The number of pyridine rings is 1. The number of alkyl halides is 3. The van der Waals surface area contributed by atoms with Crippen molar-refractivity contribution in [2.24, 2.45) is 0 Å². The third-order valence-electron chi connectivity index (χ3n) is 3.89. The van der Waals surface area contributed by atoms with E-state index in [9.17, 15) is 18.0 Å². The molecule has 2 aromatic heterocycles. The molecule has 2 N–H and O–H groups in total. The van der Waals surface area contributed by atoms with Crippen molar-refractivity contribution in [1.82, 2.24) is 25.4 Å². The molecule has 0 saturated carbocycles. The van der Waals surface area contributed by atoms with Crippen LogP contribution in [0.25, 0.3) is 5.82 Å². The molecular weight excluding hydrogens is 430 g/mol. The molecule has 2 aromatic rings. The lowest BCUT2D eigenvalue weighted by molar-refractivity contribution is -0.143. The van der Waals surface area contributed by atoms with E-state index in [0.717, 1.165) is 25.6 Å². The lowest BCUT2D eigenvalue weighted by Crippen LogP contribution is -2.37. The van der Waals surface area contributed by atoms with Crippen molar-refractivity contribution in [3.05, 3.63) is 40.8 Å². The van der Waals surface area contributed by atoms with Crippen molar-refractivity contribution < 1.29 is 18.0 Å². The molecule has 1 fully saturated rings. The SMILES string of the molecule is Cl.Cl.O=C(NCC1CCCN1)c1cnn(-c2ncccc2Cl)c1C(F)(F)F. The standard InChI is InChI=1S/C15H15ClF3N5O.2ClH/c16-11-4-2-6-21-13(11)24-12(15(17,18)19)10(8-23-24)14(25)22-7-9-3-1-5-20-9;;/h2,4,6,8-9,20H,1,3,5,7H2,(H,22,25);2*1H. The van der Waals surface area contributed by atoms with E-state index in [4.69, 9.17) is 11.6 Å². The molecule has 12 heteroatoms. The van der Waals surface area contributed by atoms with Crippen LogP contribution in [0.15, 0.2) is 24.5 Å². The number of amides is 1. The molecular formula is C15H17Cl3F3N5O. The number of carbonyl (C=O) groups excluding carboxylic acids is 1. The zero-order valence-corrected chi connectivity index (χ0v) is 16.2. The van der Waals surface area contributed by atoms with Gasteiger partial charge in [-0.25, -0.2) is 9.67 Å². The van der Waals surface area contributed by atoms with Crippen molar-refractivity contribution in [2.75, 3.05) is 13.1 Å². The van der Waals surface area contributed by atoms with Crippen LogP contribution < -0.4 is 10.6 Å². The van der Waals surface area contributed by atoms with Crippen LogP contribution in [0.4, 0.5) is 13.2 Å². The summed E-state index contributed by atoms with van der Waals surface area (Å²) >= 11 is 5.92. The Morgan fingerprint density at radius 3 is 2.74 bits per heavy atom. The Hall–Kier alpha value is -1.55. The minimum absolute atomic E-state index is 0. The molecule has 1 aliphatic heterocycles. The predicted octanol–water partition coefficient (Wildman–Crippen LogP) is 3.26. The summed E-state index contributed by atoms with van der Waals surface area (Å²) < 4.78 is 41.2. The van der Waals surface area contributed by atoms with E-state index in [1.165, 1.54) is 18.3 Å². The van der Waals surface area contributed by atoms with Crippen LogP contribution in [0.2, 0.25) is 5.02 Å². The van der Waals surface area contributed by atoms with Crippen molar-refractivity contribution in [1.29, 1.82) is 0 Å². The fraction of sp³-hybridized carbons (Fsp3) is 0.400. The van der Waals surface area contributed by atoms with Crippen LogP contribution in [0.5, 0.6) is 0 Å². The summed E-state index contributed by atoms with van der Waals surface area (Å²) in [6, 6.07) is 2.96. The van der Waals surface area contributed by atoms with Crippen LogP contribution in [-0.4, -0.2) is 39.8 Å². The van der Waals surface area contributed by atoms with Gasteiger partial charge in [-0.1, -0.05) is 11.6 Å². The number of aromatic nitrogens is 3. The molecule has 0 radical (unpaired) electrons. The summed E-state index contributed by atoms with van der Waals surface area (Å²) in [6.45, 7) is 1.09. The maximum atomic E-state index is 13.5. The molecule has 150 valence electrons. The van der Waals surface area contributed by atoms with E-state index < -0.39 is 23.3 Å². The molecule has 1 unspecified atom stereocenters. The highest BCUT2D eigenvalue weighted by molar-refractivity contribution is 6.32. The number of halogens is 6. The van der Waals surface area contributed by atoms with Crippen LogP contribution in [-0.2, 0) is 6.18 Å². The monoisotopic (exact) mass is 445 g/mol. The van der Waals surface area contributed by atoms with Gasteiger partial charge in [0.2, 0.25) is 0 Å². The normalized spacial score (nSPS) is 16.4. The molecule has 1 atom stereocenters. The molecule has 0 aromatic carbocycles. The van der Waals surface area contributed by atoms with Crippen LogP contribution in [0.3, 0.4) is 0 Å². The highest BCUT2D eigenvalue weighted by Crippen LogP contribution is 2.34. The second-order valence-corrected chi connectivity index (χ2v) is 6.04. The third kappa shape index (κ3) is 5.25. The predicted molar refractivity (Wildman–Crippen MR) is 99.2 cm³/mol. The van der Waals surface area contributed by atoms with Gasteiger partial charge in [-0.05, 0) is 31.5 Å². The first-order valence-corrected chi connectivity index (χ1v) is 8.03. The third-order valence-corrected chi connectivity index (χ3v) is 4.19. The summed E-state index contributed by atoms with van der Waals surface area (Å²) in [7, 11) is 0. The minimum atomic E-state index is -4.80. The quantitative estimate of drug-likeness (QED) is 0.756. The van der Waals surface area contributed by atoms with Gasteiger partial charge < -0.3 is 10.6 Å². The van der Waals surface area contributed by atoms with Crippen molar-refractivity contribution in [3.8, 4) is 5.82 Å². The molecule has 1 aliphatic rings. The van der Waals surface area contributed by atoms with Crippen LogP contribution >= 0.6 is 36.4 Å². The van der Waals surface area contributed by atoms with Gasteiger partial charge in [-0.3, -0.25) is 4.79 Å². The number of hydrogen-bond acceptors (Lipinski definition) is 4. The first-order valence-electron chi connectivity index (χ1n) is 7.65. The Morgan fingerprint density at radius 2 is 2.15 bits per heavy atom. The van der Waals surface area contributed by atoms with Crippen molar-refractivity contribution >= 4 is 42.3 Å². The van der Waals surface area contributed by atoms with Crippen molar-refractivity contribution in [2.45, 2.75) is 25.1 Å². The Bertz CT molecular complexity index is 778. The van der Waals surface area contributed by atoms with Gasteiger partial charge in [-0.2, -0.15) is 18.3 Å². The average molecular weight is 447 g/mol. The van der Waals surface area contributed by atoms with Gasteiger partial charge in [0.25, 0.3) is 5.91 Å². The van der Waals surface area contributed by atoms with E-state index in [1.807, 2.05) is 0 Å². The lowest BCUT2D eigenvalue weighted by atomic mass is 10.2. The van der Waals surface area contributed by atoms with Gasteiger partial charge in [-0.15, -0.1) is 24.8 Å². The summed E-state index contributed by atoms with van der Waals surface area (Å²) in [5.41, 5.74) is -1.77. The van der Waals surface area contributed by atoms with Gasteiger partial charge in [0.05, 0.1) is 16.8 Å². The molecule has 27 heavy (non-hydrogen) atoms. The molecule has 0 bridgehead atoms. The van der Waals surface area contributed by atoms with E-state index in [2.05, 4.69) is 20.7 Å². The second-order valence-electron chi connectivity index (χ2n) is 5.63. The molecule has 1 amide bonds. The molecule has 3 rings (SSSR count). The highest BCUT2D eigenvalue weighted by atomic mass is 35.5. The molecule has 1 saturated heterocycles. The fourth-order valence-corrected chi connectivity index (χ4v) is 2.92. The van der Waals surface area contributed by atoms with Gasteiger partial charge in [0.15, 0.2) is 11.5 Å². The highest BCUT2D eigenvalue weighted by Gasteiger charge is 2.41. The maximum Gasteiger partial charge on any atom is 0.434 e. The second kappa shape index (κ2) is 9.59. The number of nitrogens with one attached hydrogen (secondary N) is 2. The number of nitrogens with zero attached hydrogens (tertiary/aromatic N) is 3. The van der Waals surface area contributed by atoms with Crippen LogP contribution in [0, 0.1) is 0 Å². The molecule has 3 heterocycles. The van der Waals surface area contributed by atoms with Crippen LogP contribution in [0.1, 0.15) is 28.9 Å². The van der Waals surface area contributed by atoms with Gasteiger partial charge >= 0.3 is 6.18 Å². The maximum absolute atomic E-state index is 13.5. The summed E-state index contributed by atoms with van der Waals surface area (Å²) in [4.78, 5) is 16.1. The molecule has 0 spiro atoms. The first-order chi connectivity index (χ1) is 11.9. The summed E-state index contributed by atoms with van der Waals surface area (Å²) in [5.74, 6) is -1.02. The Labute approximate surface area is 170 Å². The van der Waals surface area contributed by atoms with Crippen molar-refractivity contribution in [3.63, 3.8) is 0 Å². The number of rotatable bonds is 4. The zero-order chi connectivity index (χ0) is 18.0. The molecule has 6 nitrogen and oxygen atoms in total. The molecule has 0 aliphatic carbocycles. The fourth-order valence-electron chi connectivity index (χ4n) is 2.72. The Morgan fingerprint density at radius 1 is 1.41 bits per heavy atom. The summed E-state index contributed by atoms with van der Waals surface area (Å²) in [6.07, 6.45) is -0.769. The number of hydrogen-bond donors (Lipinski definition) is 2. The number of carbonyl (C=O) groups is 1. The first kappa shape index (κ1) is 23.5. The zero-order valence-electron chi connectivity index (χ0n) is 13.8. The van der Waals surface area contributed by atoms with E-state index >= 15 is 0 Å². The largest absolute Gasteiger partial charge is 0.434 e. The lowest BCUT2D eigenvalue weighted by Gasteiger charge is -2.14. The summed E-state index contributed by atoms with van der Waals surface area (Å²) in [5, 5.41) is 9.37. The smallest absolute Gasteiger partial charge is 0.350 e. The topological polar surface area (TPSA) is 71.8 Å². The van der Waals surface area contributed by atoms with E-state index in [0.29, 0.717) is 4.68 Å². The van der Waals surface area contributed by atoms with Gasteiger partial charge in [0.1, 0.15) is 0 Å². The average Bonchev–Trinajstić information content (AvgIpc) is 3.22.